The maximum atomic E-state index is 16.8. The van der Waals surface area contributed by atoms with Gasteiger partial charge in [-0.1, -0.05) is 164 Å². The number of phosphoric ester groups is 1. The Morgan fingerprint density at radius 2 is 0.600 bits per heavy atom. The highest BCUT2D eigenvalue weighted by Crippen LogP contribution is 2.60. The third-order valence-corrected chi connectivity index (χ3v) is 11.0. The highest BCUT2D eigenvalue weighted by atomic mass is 31.2. The Balaban J connectivity index is 1.62. The van der Waals surface area contributed by atoms with Crippen molar-refractivity contribution in [2.24, 2.45) is 0 Å². The van der Waals surface area contributed by atoms with Crippen LogP contribution in [0.3, 0.4) is 0 Å². The van der Waals surface area contributed by atoms with Gasteiger partial charge in [-0.3, -0.25) is 0 Å². The summed E-state index contributed by atoms with van der Waals surface area (Å²) in [5, 5.41) is 0. The Morgan fingerprint density at radius 1 is 0.369 bits per heavy atom. The second-order valence-corrected chi connectivity index (χ2v) is 16.0. The van der Waals surface area contributed by atoms with E-state index in [1.54, 1.807) is 72.9 Å². The van der Waals surface area contributed by atoms with Gasteiger partial charge in [-0.15, -0.1) is 0 Å². The predicted molar refractivity (Wildman–Crippen MR) is 256 cm³/mol. The molecule has 0 aromatic heterocycles. The minimum atomic E-state index is -5.25. The van der Waals surface area contributed by atoms with Gasteiger partial charge in [0, 0.05) is 19.8 Å². The van der Waals surface area contributed by atoms with Crippen LogP contribution in [0.15, 0.2) is 200 Å². The summed E-state index contributed by atoms with van der Waals surface area (Å²) in [4.78, 5) is 0. The molecule has 3 atom stereocenters. The van der Waals surface area contributed by atoms with Gasteiger partial charge >= 0.3 is 7.82 Å². The van der Waals surface area contributed by atoms with Gasteiger partial charge < -0.3 is 28.4 Å². The van der Waals surface area contributed by atoms with Gasteiger partial charge in [-0.2, -0.15) is 0 Å². The van der Waals surface area contributed by atoms with E-state index in [1.165, 1.54) is 0 Å². The Kier molecular flexibility index (Phi) is 18.5. The van der Waals surface area contributed by atoms with Gasteiger partial charge in [0.2, 0.25) is 0 Å². The van der Waals surface area contributed by atoms with Crippen LogP contribution in [0.25, 0.3) is 18.2 Å². The first kappa shape index (κ1) is 48.4. The minimum absolute atomic E-state index is 0.255. The molecule has 0 amide bonds. The number of phosphoric acid groups is 1. The average molecular weight is 897 g/mol. The molecule has 3 unspecified atom stereocenters. The van der Waals surface area contributed by atoms with E-state index in [0.717, 1.165) is 16.7 Å². The van der Waals surface area contributed by atoms with Gasteiger partial charge in [-0.25, -0.2) is 18.1 Å². The summed E-state index contributed by atoms with van der Waals surface area (Å²) in [6.45, 7) is 5.47. The largest absolute Gasteiger partial charge is 0.485 e. The van der Waals surface area contributed by atoms with Crippen molar-refractivity contribution >= 4 is 26.1 Å². The van der Waals surface area contributed by atoms with Crippen molar-refractivity contribution in [2.75, 3.05) is 39.6 Å². The molecule has 0 aliphatic carbocycles. The summed E-state index contributed by atoms with van der Waals surface area (Å²) in [5.74, 6) is -4.85. The second-order valence-electron chi connectivity index (χ2n) is 14.5. The van der Waals surface area contributed by atoms with Gasteiger partial charge in [0.25, 0.3) is 17.4 Å². The van der Waals surface area contributed by atoms with E-state index in [9.17, 15) is 0 Å². The first-order valence-electron chi connectivity index (χ1n) is 21.7. The maximum Gasteiger partial charge on any atom is 0.485 e. The highest BCUT2D eigenvalue weighted by Gasteiger charge is 2.53. The fraction of sp³-hybridized carbons (Fsp3) is 0.222. The second kappa shape index (κ2) is 24.8. The molecule has 10 nitrogen and oxygen atoms in total. The Morgan fingerprint density at radius 3 is 0.831 bits per heavy atom. The smallest absolute Gasteiger partial charge is 0.456 e. The van der Waals surface area contributed by atoms with Crippen LogP contribution in [0.2, 0.25) is 0 Å². The lowest BCUT2D eigenvalue weighted by Crippen LogP contribution is -2.48. The molecule has 0 radical (unpaired) electrons. The van der Waals surface area contributed by atoms with Crippen molar-refractivity contribution < 1.29 is 46.6 Å². The molecule has 6 rings (SSSR count). The zero-order valence-corrected chi connectivity index (χ0v) is 38.0. The van der Waals surface area contributed by atoms with E-state index in [-0.39, 0.29) is 39.6 Å². The summed E-state index contributed by atoms with van der Waals surface area (Å²) in [6.07, 6.45) is 10.3. The lowest BCUT2D eigenvalue weighted by Gasteiger charge is -2.40. The molecule has 6 aromatic rings. The van der Waals surface area contributed by atoms with Crippen molar-refractivity contribution in [2.45, 2.75) is 38.1 Å². The van der Waals surface area contributed by atoms with E-state index >= 15 is 4.57 Å². The fourth-order valence-electron chi connectivity index (χ4n) is 6.34. The Bertz CT molecular complexity index is 2120. The third-order valence-electron chi connectivity index (χ3n) is 9.41. The Hall–Kier alpha value is -6.07. The molecule has 0 aliphatic rings. The average Bonchev–Trinajstić information content (AvgIpc) is 3.34. The summed E-state index contributed by atoms with van der Waals surface area (Å²) < 4.78 is 76.3. The summed E-state index contributed by atoms with van der Waals surface area (Å²) >= 11 is 0. The van der Waals surface area contributed by atoms with E-state index < -0.39 is 25.2 Å². The maximum absolute atomic E-state index is 16.8. The van der Waals surface area contributed by atoms with Crippen LogP contribution in [0.5, 0.6) is 17.2 Å². The SMILES string of the molecule is CCOCC(/C=C/c1ccccc1)(Oc1ccccc1)OP(=O)(OC(/C=C/c1ccccc1)(COCC)Oc1ccccc1)OC(/C=C/c1ccccc1)(COCC)Oc1ccccc1. The van der Waals surface area contributed by atoms with E-state index in [1.807, 2.05) is 166 Å². The van der Waals surface area contributed by atoms with Crippen LogP contribution >= 0.6 is 7.82 Å². The first-order valence-corrected chi connectivity index (χ1v) is 23.1. The zero-order chi connectivity index (χ0) is 45.5. The van der Waals surface area contributed by atoms with Gasteiger partial charge in [-0.05, 0) is 92.1 Å². The van der Waals surface area contributed by atoms with Crippen molar-refractivity contribution in [1.82, 2.24) is 0 Å². The number of rotatable bonds is 27. The molecule has 0 bridgehead atoms. The van der Waals surface area contributed by atoms with Gasteiger partial charge in [0.15, 0.2) is 0 Å². The predicted octanol–water partition coefficient (Wildman–Crippen LogP) is 12.7. The molecule has 0 fully saturated rings. The van der Waals surface area contributed by atoms with Crippen molar-refractivity contribution in [3.8, 4) is 17.2 Å². The fourth-order valence-corrected chi connectivity index (χ4v) is 8.04. The summed E-state index contributed by atoms with van der Waals surface area (Å²) in [5.41, 5.74) is 2.41. The van der Waals surface area contributed by atoms with Crippen LogP contribution in [0.4, 0.5) is 0 Å². The molecule has 0 saturated carbocycles. The molecule has 6 aromatic carbocycles. The van der Waals surface area contributed by atoms with Gasteiger partial charge in [0.05, 0.1) is 0 Å². The monoisotopic (exact) mass is 896 g/mol. The van der Waals surface area contributed by atoms with E-state index in [4.69, 9.17) is 42.0 Å². The van der Waals surface area contributed by atoms with E-state index in [2.05, 4.69) is 0 Å². The molecular formula is C54H57O10P. The van der Waals surface area contributed by atoms with E-state index in [0.29, 0.717) is 17.2 Å². The highest BCUT2D eigenvalue weighted by molar-refractivity contribution is 7.48. The number of hydrogen-bond donors (Lipinski definition) is 0. The summed E-state index contributed by atoms with van der Waals surface area (Å²) in [7, 11) is -5.25. The molecule has 338 valence electrons. The van der Waals surface area contributed by atoms with Gasteiger partial charge in [0.1, 0.15) is 37.1 Å². The lowest BCUT2D eigenvalue weighted by molar-refractivity contribution is -0.198. The topological polar surface area (TPSA) is 100 Å². The van der Waals surface area contributed by atoms with Crippen molar-refractivity contribution in [3.05, 3.63) is 217 Å². The lowest BCUT2D eigenvalue weighted by atomic mass is 10.1. The molecule has 0 N–H and O–H groups in total. The number of hydrogen-bond acceptors (Lipinski definition) is 10. The normalized spacial score (nSPS) is 15.5. The molecule has 0 aliphatic heterocycles. The number of para-hydroxylation sites is 3. The van der Waals surface area contributed by atoms with Crippen LogP contribution in [-0.4, -0.2) is 57.0 Å². The standard InChI is InChI=1S/C54H57O10P/c1-4-56-43-52(59-49-31-19-10-20-32-49,40-37-46-25-13-7-14-26-46)62-65(55,63-53(44-57-5-2,60-50-33-21-11-22-34-50)41-38-47-27-15-8-16-28-47)64-54(45-58-6-3,61-51-35-23-12-24-36-51)42-39-48-29-17-9-18-30-48/h7-42H,4-6,43-45H2,1-3H3/b40-37+,41-38+,42-39+. The quantitative estimate of drug-likeness (QED) is 0.0367. The molecule has 65 heavy (non-hydrogen) atoms. The van der Waals surface area contributed by atoms with Crippen LogP contribution in [0, 0.1) is 0 Å². The molecule has 0 spiro atoms. The van der Waals surface area contributed by atoms with Crippen molar-refractivity contribution in [3.63, 3.8) is 0 Å². The van der Waals surface area contributed by atoms with Crippen LogP contribution < -0.4 is 14.2 Å². The third kappa shape index (κ3) is 15.6. The van der Waals surface area contributed by atoms with Crippen LogP contribution in [-0.2, 0) is 32.3 Å². The zero-order valence-electron chi connectivity index (χ0n) is 37.1. The molecule has 0 heterocycles. The summed E-state index contributed by atoms with van der Waals surface area (Å²) in [6, 6.07) is 55.7. The number of benzene rings is 6. The Labute approximate surface area is 383 Å². The minimum Gasteiger partial charge on any atom is -0.456 e. The van der Waals surface area contributed by atoms with Crippen LogP contribution in [0.1, 0.15) is 37.5 Å². The molecule has 11 heteroatoms. The molecule has 0 saturated heterocycles. The number of ether oxygens (including phenoxy) is 6. The molecular weight excluding hydrogens is 840 g/mol. The first-order chi connectivity index (χ1) is 31.8. The van der Waals surface area contributed by atoms with Crippen molar-refractivity contribution in [1.29, 1.82) is 0 Å².